The van der Waals surface area contributed by atoms with Gasteiger partial charge < -0.3 is 20.1 Å². The summed E-state index contributed by atoms with van der Waals surface area (Å²) in [5.41, 5.74) is 0.810. The summed E-state index contributed by atoms with van der Waals surface area (Å²) in [5, 5.41) is 15.2. The topological polar surface area (TPSA) is 74.5 Å². The van der Waals surface area contributed by atoms with Crippen LogP contribution in [0.2, 0.25) is 0 Å². The van der Waals surface area contributed by atoms with Gasteiger partial charge >= 0.3 is 0 Å². The standard InChI is InChI=1S/C12H19N5O/c1-9(4-3-7-18)15-11-12-14-5-6-17(12)8-10(13-2)16-11/h5-6,8-9,13,18H,3-4,7H2,1-2H3,(H,15,16). The maximum Gasteiger partial charge on any atom is 0.180 e. The van der Waals surface area contributed by atoms with Crippen LogP contribution in [0.5, 0.6) is 0 Å². The number of nitrogens with one attached hydrogen (secondary N) is 2. The summed E-state index contributed by atoms with van der Waals surface area (Å²) in [4.78, 5) is 8.76. The van der Waals surface area contributed by atoms with Crippen LogP contribution in [0.1, 0.15) is 19.8 Å². The van der Waals surface area contributed by atoms with E-state index in [1.807, 2.05) is 23.8 Å². The van der Waals surface area contributed by atoms with Crippen molar-refractivity contribution >= 4 is 17.3 Å². The summed E-state index contributed by atoms with van der Waals surface area (Å²) in [6, 6.07) is 0.247. The number of fused-ring (bicyclic) bond motifs is 1. The van der Waals surface area contributed by atoms with E-state index in [1.165, 1.54) is 0 Å². The minimum Gasteiger partial charge on any atom is -0.396 e. The van der Waals surface area contributed by atoms with E-state index in [4.69, 9.17) is 5.11 Å². The Morgan fingerprint density at radius 1 is 1.50 bits per heavy atom. The zero-order chi connectivity index (χ0) is 13.0. The van der Waals surface area contributed by atoms with E-state index in [0.717, 1.165) is 30.1 Å². The third-order valence-corrected chi connectivity index (χ3v) is 2.81. The van der Waals surface area contributed by atoms with Crippen LogP contribution < -0.4 is 10.6 Å². The summed E-state index contributed by atoms with van der Waals surface area (Å²) >= 11 is 0. The summed E-state index contributed by atoms with van der Waals surface area (Å²) in [7, 11) is 1.84. The van der Waals surface area contributed by atoms with Gasteiger partial charge in [0.1, 0.15) is 5.82 Å². The molecule has 0 aliphatic heterocycles. The fraction of sp³-hybridized carbons (Fsp3) is 0.500. The predicted molar refractivity (Wildman–Crippen MR) is 71.9 cm³/mol. The highest BCUT2D eigenvalue weighted by Crippen LogP contribution is 2.17. The van der Waals surface area contributed by atoms with Crippen molar-refractivity contribution in [3.63, 3.8) is 0 Å². The molecule has 1 atom stereocenters. The molecule has 2 heterocycles. The van der Waals surface area contributed by atoms with Gasteiger partial charge in [-0.25, -0.2) is 9.97 Å². The average molecular weight is 249 g/mol. The number of hydrogen-bond donors (Lipinski definition) is 3. The van der Waals surface area contributed by atoms with Crippen LogP contribution in [0.4, 0.5) is 11.6 Å². The van der Waals surface area contributed by atoms with E-state index in [2.05, 4.69) is 27.5 Å². The van der Waals surface area contributed by atoms with Crippen molar-refractivity contribution in [1.29, 1.82) is 0 Å². The van der Waals surface area contributed by atoms with Crippen molar-refractivity contribution in [3.05, 3.63) is 18.6 Å². The quantitative estimate of drug-likeness (QED) is 0.720. The lowest BCUT2D eigenvalue weighted by Gasteiger charge is -2.15. The van der Waals surface area contributed by atoms with Gasteiger partial charge in [-0.3, -0.25) is 0 Å². The lowest BCUT2D eigenvalue weighted by Crippen LogP contribution is -2.17. The van der Waals surface area contributed by atoms with Gasteiger partial charge in [-0.05, 0) is 19.8 Å². The molecule has 6 heteroatoms. The Bertz CT molecular complexity index is 510. The predicted octanol–water partition coefficient (Wildman–Crippen LogP) is 1.34. The van der Waals surface area contributed by atoms with Crippen LogP contribution in [0.3, 0.4) is 0 Å². The van der Waals surface area contributed by atoms with Crippen molar-refractivity contribution in [2.45, 2.75) is 25.8 Å². The highest BCUT2D eigenvalue weighted by molar-refractivity contribution is 5.65. The van der Waals surface area contributed by atoms with Crippen molar-refractivity contribution in [3.8, 4) is 0 Å². The Balaban J connectivity index is 2.22. The largest absolute Gasteiger partial charge is 0.396 e. The molecule has 18 heavy (non-hydrogen) atoms. The molecular weight excluding hydrogens is 230 g/mol. The Labute approximate surface area is 106 Å². The fourth-order valence-electron chi connectivity index (χ4n) is 1.85. The van der Waals surface area contributed by atoms with Crippen LogP contribution in [0.15, 0.2) is 18.6 Å². The van der Waals surface area contributed by atoms with Gasteiger partial charge in [-0.2, -0.15) is 0 Å². The van der Waals surface area contributed by atoms with E-state index in [0.29, 0.717) is 0 Å². The van der Waals surface area contributed by atoms with E-state index < -0.39 is 0 Å². The monoisotopic (exact) mass is 249 g/mol. The average Bonchev–Trinajstić information content (AvgIpc) is 2.84. The minimum atomic E-state index is 0.217. The van der Waals surface area contributed by atoms with Crippen LogP contribution in [-0.4, -0.2) is 39.2 Å². The van der Waals surface area contributed by atoms with Gasteiger partial charge in [0.15, 0.2) is 11.5 Å². The Kier molecular flexibility index (Phi) is 3.99. The van der Waals surface area contributed by atoms with E-state index in [1.54, 1.807) is 6.20 Å². The molecule has 6 nitrogen and oxygen atoms in total. The number of nitrogens with zero attached hydrogens (tertiary/aromatic N) is 3. The lowest BCUT2D eigenvalue weighted by molar-refractivity contribution is 0.282. The number of rotatable bonds is 6. The molecule has 0 aliphatic rings. The van der Waals surface area contributed by atoms with Crippen molar-refractivity contribution in [1.82, 2.24) is 14.4 Å². The normalized spacial score (nSPS) is 12.6. The SMILES string of the molecule is CNc1cn2ccnc2c(NC(C)CCCO)n1. The van der Waals surface area contributed by atoms with E-state index in [9.17, 15) is 0 Å². The second kappa shape index (κ2) is 5.68. The van der Waals surface area contributed by atoms with Gasteiger partial charge in [0.05, 0.1) is 6.20 Å². The number of hydrogen-bond acceptors (Lipinski definition) is 5. The first kappa shape index (κ1) is 12.6. The van der Waals surface area contributed by atoms with Crippen molar-refractivity contribution in [2.75, 3.05) is 24.3 Å². The Morgan fingerprint density at radius 3 is 3.06 bits per heavy atom. The molecule has 0 radical (unpaired) electrons. The summed E-state index contributed by atoms with van der Waals surface area (Å²) in [6.45, 7) is 2.29. The number of aliphatic hydroxyl groups excluding tert-OH is 1. The molecule has 3 N–H and O–H groups in total. The maximum absolute atomic E-state index is 8.83. The number of aromatic nitrogens is 3. The van der Waals surface area contributed by atoms with E-state index >= 15 is 0 Å². The number of anilines is 2. The Hall–Kier alpha value is -1.82. The number of imidazole rings is 1. The number of aliphatic hydroxyl groups is 1. The van der Waals surface area contributed by atoms with Gasteiger partial charge in [-0.15, -0.1) is 0 Å². The molecular formula is C12H19N5O. The zero-order valence-corrected chi connectivity index (χ0v) is 10.7. The molecule has 0 spiro atoms. The smallest absolute Gasteiger partial charge is 0.180 e. The molecule has 0 saturated carbocycles. The first-order valence-electron chi connectivity index (χ1n) is 6.13. The van der Waals surface area contributed by atoms with Crippen molar-refractivity contribution < 1.29 is 5.11 Å². The van der Waals surface area contributed by atoms with Crippen LogP contribution in [0, 0.1) is 0 Å². The highest BCUT2D eigenvalue weighted by atomic mass is 16.2. The maximum atomic E-state index is 8.83. The molecule has 2 aromatic heterocycles. The van der Waals surface area contributed by atoms with Gasteiger partial charge in [0.2, 0.25) is 0 Å². The van der Waals surface area contributed by atoms with Gasteiger partial charge in [0.25, 0.3) is 0 Å². The highest BCUT2D eigenvalue weighted by Gasteiger charge is 2.09. The fourth-order valence-corrected chi connectivity index (χ4v) is 1.85. The van der Waals surface area contributed by atoms with Crippen molar-refractivity contribution in [2.24, 2.45) is 0 Å². The first-order valence-corrected chi connectivity index (χ1v) is 6.13. The molecule has 0 saturated heterocycles. The third kappa shape index (κ3) is 2.70. The molecule has 2 rings (SSSR count). The molecule has 2 aromatic rings. The van der Waals surface area contributed by atoms with Crippen LogP contribution in [-0.2, 0) is 0 Å². The summed E-state index contributed by atoms with van der Waals surface area (Å²) < 4.78 is 1.93. The molecule has 0 bridgehead atoms. The lowest BCUT2D eigenvalue weighted by atomic mass is 10.2. The first-order chi connectivity index (χ1) is 8.74. The zero-order valence-electron chi connectivity index (χ0n) is 10.7. The molecule has 0 amide bonds. The molecule has 0 aliphatic carbocycles. The molecule has 0 fully saturated rings. The third-order valence-electron chi connectivity index (χ3n) is 2.81. The molecule has 98 valence electrons. The second-order valence-corrected chi connectivity index (χ2v) is 4.29. The molecule has 0 aromatic carbocycles. The van der Waals surface area contributed by atoms with Gasteiger partial charge in [-0.1, -0.05) is 0 Å². The Morgan fingerprint density at radius 2 is 2.33 bits per heavy atom. The molecule has 1 unspecified atom stereocenters. The second-order valence-electron chi connectivity index (χ2n) is 4.29. The van der Waals surface area contributed by atoms with Gasteiger partial charge in [0, 0.05) is 32.1 Å². The summed E-state index contributed by atoms with van der Waals surface area (Å²) in [5.74, 6) is 1.55. The summed E-state index contributed by atoms with van der Waals surface area (Å²) in [6.07, 6.45) is 7.22. The van der Waals surface area contributed by atoms with Crippen LogP contribution in [0.25, 0.3) is 5.65 Å². The minimum absolute atomic E-state index is 0.217. The van der Waals surface area contributed by atoms with Crippen LogP contribution >= 0.6 is 0 Å². The van der Waals surface area contributed by atoms with E-state index in [-0.39, 0.29) is 12.6 Å².